The van der Waals surface area contributed by atoms with Crippen molar-refractivity contribution in [1.29, 1.82) is 0 Å². The summed E-state index contributed by atoms with van der Waals surface area (Å²) < 4.78 is 5.69. The quantitative estimate of drug-likeness (QED) is 0.801. The molecule has 1 aromatic rings. The maximum Gasteiger partial charge on any atom is 0.307 e. The van der Waals surface area contributed by atoms with Gasteiger partial charge in [0.1, 0.15) is 11.9 Å². The number of carboxylic acid groups (broad SMARTS) is 1. The Balaban J connectivity index is 2.23. The molecule has 0 saturated heterocycles. The maximum absolute atomic E-state index is 10.6. The van der Waals surface area contributed by atoms with Crippen LogP contribution in [0.4, 0.5) is 5.69 Å². The number of rotatable bonds is 2. The predicted octanol–water partition coefficient (Wildman–Crippen LogP) is 1.95. The Labute approximate surface area is 94.2 Å². The van der Waals surface area contributed by atoms with Crippen LogP contribution in [0.1, 0.15) is 17.5 Å². The van der Waals surface area contributed by atoms with Crippen molar-refractivity contribution in [2.45, 2.75) is 26.4 Å². The summed E-state index contributed by atoms with van der Waals surface area (Å²) in [7, 11) is 0. The van der Waals surface area contributed by atoms with Gasteiger partial charge in [-0.2, -0.15) is 0 Å². The molecule has 0 amide bonds. The zero-order valence-corrected chi connectivity index (χ0v) is 9.41. The van der Waals surface area contributed by atoms with Crippen LogP contribution in [-0.4, -0.2) is 23.7 Å². The molecular formula is C12H15NO3. The van der Waals surface area contributed by atoms with Crippen LogP contribution < -0.4 is 10.1 Å². The molecule has 1 atom stereocenters. The topological polar surface area (TPSA) is 58.6 Å². The molecule has 2 rings (SSSR count). The molecular weight excluding hydrogens is 206 g/mol. The first-order chi connectivity index (χ1) is 7.56. The fourth-order valence-corrected chi connectivity index (χ4v) is 1.98. The highest BCUT2D eigenvalue weighted by molar-refractivity contribution is 5.69. The van der Waals surface area contributed by atoms with E-state index in [1.807, 2.05) is 26.0 Å². The van der Waals surface area contributed by atoms with Crippen LogP contribution in [0, 0.1) is 13.8 Å². The van der Waals surface area contributed by atoms with Crippen LogP contribution >= 0.6 is 0 Å². The van der Waals surface area contributed by atoms with E-state index in [0.717, 1.165) is 17.0 Å². The van der Waals surface area contributed by atoms with Crippen molar-refractivity contribution in [2.75, 3.05) is 11.9 Å². The zero-order valence-electron chi connectivity index (χ0n) is 9.41. The van der Waals surface area contributed by atoms with Gasteiger partial charge in [0.25, 0.3) is 0 Å². The average molecular weight is 221 g/mol. The van der Waals surface area contributed by atoms with E-state index >= 15 is 0 Å². The number of hydrogen-bond donors (Lipinski definition) is 2. The molecule has 0 bridgehead atoms. The SMILES string of the molecule is Cc1cc(C)c2c(c1)NCC(CC(=O)O)O2. The van der Waals surface area contributed by atoms with E-state index in [0.29, 0.717) is 6.54 Å². The summed E-state index contributed by atoms with van der Waals surface area (Å²) in [6.45, 7) is 4.54. The van der Waals surface area contributed by atoms with Gasteiger partial charge >= 0.3 is 5.97 Å². The summed E-state index contributed by atoms with van der Waals surface area (Å²) in [6, 6.07) is 4.04. The largest absolute Gasteiger partial charge is 0.486 e. The number of carboxylic acids is 1. The molecule has 0 aromatic heterocycles. The number of benzene rings is 1. The Hall–Kier alpha value is -1.71. The number of nitrogens with one attached hydrogen (secondary N) is 1. The minimum absolute atomic E-state index is 0.0275. The second kappa shape index (κ2) is 4.04. The van der Waals surface area contributed by atoms with Gasteiger partial charge in [0.15, 0.2) is 0 Å². The van der Waals surface area contributed by atoms with Gasteiger partial charge in [0.2, 0.25) is 0 Å². The molecule has 1 aliphatic rings. The predicted molar refractivity (Wildman–Crippen MR) is 61.1 cm³/mol. The van der Waals surface area contributed by atoms with Crippen LogP contribution in [0.2, 0.25) is 0 Å². The summed E-state index contributed by atoms with van der Waals surface area (Å²) in [5.74, 6) is -0.0527. The van der Waals surface area contributed by atoms with Gasteiger partial charge in [-0.3, -0.25) is 4.79 Å². The lowest BCUT2D eigenvalue weighted by atomic mass is 10.1. The summed E-state index contributed by atoms with van der Waals surface area (Å²) in [4.78, 5) is 10.6. The molecule has 1 aromatic carbocycles. The van der Waals surface area contributed by atoms with Gasteiger partial charge in [-0.25, -0.2) is 0 Å². The van der Waals surface area contributed by atoms with Gasteiger partial charge in [0, 0.05) is 0 Å². The zero-order chi connectivity index (χ0) is 11.7. The highest BCUT2D eigenvalue weighted by Gasteiger charge is 2.23. The molecule has 4 heteroatoms. The van der Waals surface area contributed by atoms with Crippen LogP contribution in [0.5, 0.6) is 5.75 Å². The lowest BCUT2D eigenvalue weighted by Gasteiger charge is -2.28. The van der Waals surface area contributed by atoms with Gasteiger partial charge < -0.3 is 15.2 Å². The van der Waals surface area contributed by atoms with E-state index in [1.54, 1.807) is 0 Å². The second-order valence-electron chi connectivity index (χ2n) is 4.18. The number of anilines is 1. The standard InChI is InChI=1S/C12H15NO3/c1-7-3-8(2)12-10(4-7)13-6-9(16-12)5-11(14)15/h3-4,9,13H,5-6H2,1-2H3,(H,14,15). The van der Waals surface area contributed by atoms with Crippen molar-refractivity contribution in [3.8, 4) is 5.75 Å². The van der Waals surface area contributed by atoms with Gasteiger partial charge in [0.05, 0.1) is 18.7 Å². The normalized spacial score (nSPS) is 18.2. The van der Waals surface area contributed by atoms with Gasteiger partial charge in [-0.1, -0.05) is 6.07 Å². The lowest BCUT2D eigenvalue weighted by molar-refractivity contribution is -0.138. The molecule has 86 valence electrons. The van der Waals surface area contributed by atoms with Crippen LogP contribution in [0.15, 0.2) is 12.1 Å². The van der Waals surface area contributed by atoms with Gasteiger partial charge in [-0.15, -0.1) is 0 Å². The third-order valence-corrected chi connectivity index (χ3v) is 2.63. The number of carbonyl (C=O) groups is 1. The number of ether oxygens (including phenoxy) is 1. The lowest BCUT2D eigenvalue weighted by Crippen LogP contribution is -2.33. The van der Waals surface area contributed by atoms with Crippen molar-refractivity contribution in [2.24, 2.45) is 0 Å². The minimum atomic E-state index is -0.833. The summed E-state index contributed by atoms with van der Waals surface area (Å²) in [5, 5.41) is 11.9. The number of hydrogen-bond acceptors (Lipinski definition) is 3. The first-order valence-electron chi connectivity index (χ1n) is 5.30. The fraction of sp³-hybridized carbons (Fsp3) is 0.417. The Bertz CT molecular complexity index is 429. The molecule has 1 heterocycles. The average Bonchev–Trinajstić information content (AvgIpc) is 2.18. The molecule has 2 N–H and O–H groups in total. The highest BCUT2D eigenvalue weighted by atomic mass is 16.5. The molecule has 0 aliphatic carbocycles. The van der Waals surface area contributed by atoms with E-state index in [4.69, 9.17) is 9.84 Å². The van der Waals surface area contributed by atoms with E-state index < -0.39 is 5.97 Å². The number of fused-ring (bicyclic) bond motifs is 1. The van der Waals surface area contributed by atoms with Crippen molar-refractivity contribution < 1.29 is 14.6 Å². The van der Waals surface area contributed by atoms with Crippen molar-refractivity contribution in [3.05, 3.63) is 23.3 Å². The first-order valence-corrected chi connectivity index (χ1v) is 5.30. The fourth-order valence-electron chi connectivity index (χ4n) is 1.98. The molecule has 1 unspecified atom stereocenters. The smallest absolute Gasteiger partial charge is 0.307 e. The van der Waals surface area contributed by atoms with Crippen LogP contribution in [0.25, 0.3) is 0 Å². The maximum atomic E-state index is 10.6. The molecule has 0 saturated carbocycles. The van der Waals surface area contributed by atoms with Crippen molar-refractivity contribution >= 4 is 11.7 Å². The molecule has 1 aliphatic heterocycles. The summed E-state index contributed by atoms with van der Waals surface area (Å²) >= 11 is 0. The molecule has 0 radical (unpaired) electrons. The summed E-state index contributed by atoms with van der Waals surface area (Å²) in [5.41, 5.74) is 3.17. The molecule has 0 fully saturated rings. The second-order valence-corrected chi connectivity index (χ2v) is 4.18. The molecule has 0 spiro atoms. The third kappa shape index (κ3) is 2.10. The Morgan fingerprint density at radius 2 is 2.31 bits per heavy atom. The molecule has 16 heavy (non-hydrogen) atoms. The third-order valence-electron chi connectivity index (χ3n) is 2.63. The van der Waals surface area contributed by atoms with Crippen molar-refractivity contribution in [1.82, 2.24) is 0 Å². The number of aliphatic carboxylic acids is 1. The van der Waals surface area contributed by atoms with E-state index in [-0.39, 0.29) is 12.5 Å². The van der Waals surface area contributed by atoms with Crippen molar-refractivity contribution in [3.63, 3.8) is 0 Å². The Morgan fingerprint density at radius 3 is 3.00 bits per heavy atom. The summed E-state index contributed by atoms with van der Waals surface area (Å²) in [6.07, 6.45) is -0.258. The minimum Gasteiger partial charge on any atom is -0.486 e. The highest BCUT2D eigenvalue weighted by Crippen LogP contribution is 2.34. The number of aryl methyl sites for hydroxylation is 2. The van der Waals surface area contributed by atoms with E-state index in [9.17, 15) is 4.79 Å². The Morgan fingerprint density at radius 1 is 1.56 bits per heavy atom. The first kappa shape index (κ1) is 10.8. The van der Waals surface area contributed by atoms with Gasteiger partial charge in [-0.05, 0) is 31.0 Å². The monoisotopic (exact) mass is 221 g/mol. The molecule has 4 nitrogen and oxygen atoms in total. The van der Waals surface area contributed by atoms with Crippen LogP contribution in [0.3, 0.4) is 0 Å². The Kier molecular flexibility index (Phi) is 2.73. The van der Waals surface area contributed by atoms with Crippen LogP contribution in [-0.2, 0) is 4.79 Å². The van der Waals surface area contributed by atoms with E-state index in [2.05, 4.69) is 5.32 Å². The van der Waals surface area contributed by atoms with E-state index in [1.165, 1.54) is 5.56 Å².